The number of hydrogen-bond acceptors (Lipinski definition) is 3. The Labute approximate surface area is 127 Å². The molecule has 2 N–H and O–H groups in total. The maximum absolute atomic E-state index is 12.0. The number of hydrogen-bond donors (Lipinski definition) is 1. The summed E-state index contributed by atoms with van der Waals surface area (Å²) in [6, 6.07) is 10.2. The second-order valence-electron chi connectivity index (χ2n) is 6.04. The van der Waals surface area contributed by atoms with Crippen molar-refractivity contribution in [3.63, 3.8) is 0 Å². The van der Waals surface area contributed by atoms with Crippen LogP contribution in [0, 0.1) is 5.92 Å². The summed E-state index contributed by atoms with van der Waals surface area (Å²) in [5.74, 6) is 0.635. The van der Waals surface area contributed by atoms with Gasteiger partial charge in [0.15, 0.2) is 0 Å². The molecule has 4 heteroatoms. The van der Waals surface area contributed by atoms with E-state index in [4.69, 9.17) is 5.73 Å². The number of carbonyl (C=O) groups is 1. The Morgan fingerprint density at radius 2 is 2.14 bits per heavy atom. The van der Waals surface area contributed by atoms with Crippen LogP contribution >= 0.6 is 0 Å². The highest BCUT2D eigenvalue weighted by Gasteiger charge is 2.26. The van der Waals surface area contributed by atoms with Crippen molar-refractivity contribution < 1.29 is 4.79 Å². The Hall–Kier alpha value is -1.39. The maximum atomic E-state index is 12.0. The van der Waals surface area contributed by atoms with Gasteiger partial charge in [-0.1, -0.05) is 30.3 Å². The molecule has 1 saturated heterocycles. The van der Waals surface area contributed by atoms with E-state index >= 15 is 0 Å². The van der Waals surface area contributed by atoms with Crippen LogP contribution in [0.4, 0.5) is 0 Å². The highest BCUT2D eigenvalue weighted by molar-refractivity contribution is 5.81. The summed E-state index contributed by atoms with van der Waals surface area (Å²) in [5.41, 5.74) is 7.07. The summed E-state index contributed by atoms with van der Waals surface area (Å²) in [6.07, 6.45) is 1.16. The van der Waals surface area contributed by atoms with Crippen LogP contribution in [-0.4, -0.2) is 47.9 Å². The third-order valence-corrected chi connectivity index (χ3v) is 4.18. The minimum Gasteiger partial charge on any atom is -0.341 e. The van der Waals surface area contributed by atoms with E-state index in [1.54, 1.807) is 6.92 Å². The average molecular weight is 289 g/mol. The SMILES string of the molecule is CCN(CC1CCN(Cc2ccccc2)C1)C(=O)[C@@H](C)N. The number of rotatable bonds is 6. The van der Waals surface area contributed by atoms with Crippen LogP contribution in [0.2, 0.25) is 0 Å². The van der Waals surface area contributed by atoms with Crippen LogP contribution in [0.5, 0.6) is 0 Å². The van der Waals surface area contributed by atoms with Crippen LogP contribution in [-0.2, 0) is 11.3 Å². The van der Waals surface area contributed by atoms with Crippen molar-refractivity contribution in [3.8, 4) is 0 Å². The van der Waals surface area contributed by atoms with Crippen molar-refractivity contribution in [1.82, 2.24) is 9.80 Å². The lowest BCUT2D eigenvalue weighted by molar-refractivity contribution is -0.132. The van der Waals surface area contributed by atoms with Gasteiger partial charge in [-0.15, -0.1) is 0 Å². The largest absolute Gasteiger partial charge is 0.341 e. The number of nitrogens with zero attached hydrogens (tertiary/aromatic N) is 2. The molecule has 0 radical (unpaired) electrons. The lowest BCUT2D eigenvalue weighted by atomic mass is 10.1. The van der Waals surface area contributed by atoms with Gasteiger partial charge in [0.05, 0.1) is 6.04 Å². The Morgan fingerprint density at radius 1 is 1.43 bits per heavy atom. The van der Waals surface area contributed by atoms with E-state index in [0.29, 0.717) is 5.92 Å². The lowest BCUT2D eigenvalue weighted by Crippen LogP contribution is -2.44. The summed E-state index contributed by atoms with van der Waals surface area (Å²) in [5, 5.41) is 0. The molecule has 2 rings (SSSR count). The highest BCUT2D eigenvalue weighted by atomic mass is 16.2. The minimum atomic E-state index is -0.397. The van der Waals surface area contributed by atoms with Crippen molar-refractivity contribution >= 4 is 5.91 Å². The topological polar surface area (TPSA) is 49.6 Å². The Morgan fingerprint density at radius 3 is 2.76 bits per heavy atom. The van der Waals surface area contributed by atoms with Gasteiger partial charge < -0.3 is 10.6 Å². The number of benzene rings is 1. The van der Waals surface area contributed by atoms with E-state index in [2.05, 4.69) is 35.2 Å². The number of likely N-dealkylation sites (N-methyl/N-ethyl adjacent to an activating group) is 1. The number of carbonyl (C=O) groups excluding carboxylic acids is 1. The average Bonchev–Trinajstić information content (AvgIpc) is 2.92. The Kier molecular flexibility index (Phi) is 5.76. The molecule has 4 nitrogen and oxygen atoms in total. The van der Waals surface area contributed by atoms with E-state index in [-0.39, 0.29) is 5.91 Å². The third kappa shape index (κ3) is 4.55. The van der Waals surface area contributed by atoms with Gasteiger partial charge in [-0.05, 0) is 38.3 Å². The monoisotopic (exact) mass is 289 g/mol. The number of amides is 1. The van der Waals surface area contributed by atoms with Crippen LogP contribution in [0.3, 0.4) is 0 Å². The molecule has 0 spiro atoms. The highest BCUT2D eigenvalue weighted by Crippen LogP contribution is 2.20. The van der Waals surface area contributed by atoms with Crippen molar-refractivity contribution in [2.45, 2.75) is 32.9 Å². The smallest absolute Gasteiger partial charge is 0.239 e. The summed E-state index contributed by atoms with van der Waals surface area (Å²) in [6.45, 7) is 8.56. The maximum Gasteiger partial charge on any atom is 0.239 e. The molecule has 1 unspecified atom stereocenters. The predicted octanol–water partition coefficient (Wildman–Crippen LogP) is 1.70. The van der Waals surface area contributed by atoms with E-state index in [0.717, 1.165) is 39.1 Å². The van der Waals surface area contributed by atoms with Gasteiger partial charge in [-0.3, -0.25) is 9.69 Å². The molecule has 0 bridgehead atoms. The summed E-state index contributed by atoms with van der Waals surface area (Å²) in [7, 11) is 0. The first-order valence-corrected chi connectivity index (χ1v) is 7.90. The Balaban J connectivity index is 1.83. The van der Waals surface area contributed by atoms with Crippen LogP contribution in [0.1, 0.15) is 25.8 Å². The van der Waals surface area contributed by atoms with Gasteiger partial charge in [0.2, 0.25) is 5.91 Å². The van der Waals surface area contributed by atoms with Gasteiger partial charge >= 0.3 is 0 Å². The van der Waals surface area contributed by atoms with Crippen molar-refractivity contribution in [2.24, 2.45) is 11.7 Å². The molecule has 1 aliphatic rings. The van der Waals surface area contributed by atoms with Crippen LogP contribution in [0.15, 0.2) is 30.3 Å². The molecule has 1 aromatic rings. The second-order valence-corrected chi connectivity index (χ2v) is 6.04. The van der Waals surface area contributed by atoms with Gasteiger partial charge in [0.1, 0.15) is 0 Å². The molecule has 1 aromatic carbocycles. The molecular weight excluding hydrogens is 262 g/mol. The molecule has 0 saturated carbocycles. The normalized spacial score (nSPS) is 20.4. The zero-order valence-electron chi connectivity index (χ0n) is 13.2. The minimum absolute atomic E-state index is 0.0685. The van der Waals surface area contributed by atoms with E-state index < -0.39 is 6.04 Å². The molecule has 1 amide bonds. The number of likely N-dealkylation sites (tertiary alicyclic amines) is 1. The molecule has 1 heterocycles. The predicted molar refractivity (Wildman–Crippen MR) is 85.7 cm³/mol. The van der Waals surface area contributed by atoms with Gasteiger partial charge in [0.25, 0.3) is 0 Å². The first kappa shape index (κ1) is 16.0. The van der Waals surface area contributed by atoms with Crippen LogP contribution < -0.4 is 5.73 Å². The van der Waals surface area contributed by atoms with Crippen molar-refractivity contribution in [3.05, 3.63) is 35.9 Å². The first-order valence-electron chi connectivity index (χ1n) is 7.90. The summed E-state index contributed by atoms with van der Waals surface area (Å²) >= 11 is 0. The van der Waals surface area contributed by atoms with E-state index in [1.165, 1.54) is 5.56 Å². The fraction of sp³-hybridized carbons (Fsp3) is 0.588. The fourth-order valence-corrected chi connectivity index (χ4v) is 3.02. The first-order chi connectivity index (χ1) is 10.1. The molecule has 2 atom stereocenters. The van der Waals surface area contributed by atoms with Crippen molar-refractivity contribution in [1.29, 1.82) is 0 Å². The van der Waals surface area contributed by atoms with E-state index in [1.807, 2.05) is 11.8 Å². The molecule has 0 aromatic heterocycles. The molecule has 0 aliphatic carbocycles. The Bertz CT molecular complexity index is 447. The zero-order valence-corrected chi connectivity index (χ0v) is 13.2. The van der Waals surface area contributed by atoms with Crippen molar-refractivity contribution in [2.75, 3.05) is 26.2 Å². The zero-order chi connectivity index (χ0) is 15.2. The lowest BCUT2D eigenvalue weighted by Gasteiger charge is -2.26. The molecule has 116 valence electrons. The summed E-state index contributed by atoms with van der Waals surface area (Å²) < 4.78 is 0. The molecule has 21 heavy (non-hydrogen) atoms. The van der Waals surface area contributed by atoms with Gasteiger partial charge in [-0.2, -0.15) is 0 Å². The standard InChI is InChI=1S/C17H27N3O/c1-3-20(17(21)14(2)18)13-16-9-10-19(12-16)11-15-7-5-4-6-8-15/h4-8,14,16H,3,9-13,18H2,1-2H3/t14-,16?/m1/s1. The fourth-order valence-electron chi connectivity index (χ4n) is 3.02. The third-order valence-electron chi connectivity index (χ3n) is 4.18. The summed E-state index contributed by atoms with van der Waals surface area (Å²) in [4.78, 5) is 16.4. The van der Waals surface area contributed by atoms with Gasteiger partial charge in [-0.25, -0.2) is 0 Å². The molecule has 1 aliphatic heterocycles. The number of nitrogens with two attached hydrogens (primary N) is 1. The van der Waals surface area contributed by atoms with Crippen LogP contribution in [0.25, 0.3) is 0 Å². The quantitative estimate of drug-likeness (QED) is 0.867. The van der Waals surface area contributed by atoms with Gasteiger partial charge in [0, 0.05) is 26.2 Å². The molecule has 1 fully saturated rings. The molecular formula is C17H27N3O. The van der Waals surface area contributed by atoms with E-state index in [9.17, 15) is 4.79 Å². The second kappa shape index (κ2) is 7.57.